The zero-order chi connectivity index (χ0) is 18.4. The van der Waals surface area contributed by atoms with Crippen LogP contribution in [0, 0.1) is 0 Å². The largest absolute Gasteiger partial charge is 0.495 e. The summed E-state index contributed by atoms with van der Waals surface area (Å²) in [6.07, 6.45) is 2.88. The van der Waals surface area contributed by atoms with Crippen LogP contribution in [0.5, 0.6) is 5.75 Å². The molecule has 8 heteroatoms. The number of hydrogen-bond donors (Lipinski definition) is 2. The summed E-state index contributed by atoms with van der Waals surface area (Å²) in [5.74, 6) is 0.428. The molecule has 2 N–H and O–H groups in total. The Morgan fingerprint density at radius 2 is 2.00 bits per heavy atom. The number of thiocarbonyl (C=S) groups is 1. The first kappa shape index (κ1) is 19.7. The van der Waals surface area contributed by atoms with Crippen LogP contribution in [0.3, 0.4) is 0 Å². The Morgan fingerprint density at radius 3 is 2.60 bits per heavy atom. The van der Waals surface area contributed by atoms with E-state index in [2.05, 4.69) is 17.2 Å². The monoisotopic (exact) mass is 383 g/mol. The fraction of sp³-hybridized carbons (Fsp3) is 0.471. The van der Waals surface area contributed by atoms with E-state index in [0.717, 1.165) is 24.8 Å². The lowest BCUT2D eigenvalue weighted by Crippen LogP contribution is -2.35. The average Bonchev–Trinajstić information content (AvgIpc) is 2.61. The fourth-order valence-corrected chi connectivity index (χ4v) is 4.30. The minimum atomic E-state index is -3.50. The normalized spacial score (nSPS) is 15.4. The maximum absolute atomic E-state index is 12.8. The van der Waals surface area contributed by atoms with Gasteiger partial charge in [-0.1, -0.05) is 18.6 Å². The van der Waals surface area contributed by atoms with Gasteiger partial charge in [0.15, 0.2) is 5.11 Å². The SMILES string of the molecule is C=C(C)CNC(=S)Nc1ccc(S(=O)(=O)N2CCCCC2)cc1OC. The summed E-state index contributed by atoms with van der Waals surface area (Å²) < 4.78 is 32.4. The third-order valence-electron chi connectivity index (χ3n) is 3.92. The van der Waals surface area contributed by atoms with E-state index in [1.807, 2.05) is 6.92 Å². The van der Waals surface area contributed by atoms with Gasteiger partial charge < -0.3 is 15.4 Å². The van der Waals surface area contributed by atoms with E-state index in [1.165, 1.54) is 17.5 Å². The molecule has 2 rings (SSSR count). The molecule has 1 saturated heterocycles. The Morgan fingerprint density at radius 1 is 1.32 bits per heavy atom. The summed E-state index contributed by atoms with van der Waals surface area (Å²) in [4.78, 5) is 0.234. The highest BCUT2D eigenvalue weighted by Crippen LogP contribution is 2.30. The maximum Gasteiger partial charge on any atom is 0.243 e. The van der Waals surface area contributed by atoms with Crippen LogP contribution in [0.1, 0.15) is 26.2 Å². The molecule has 0 saturated carbocycles. The maximum atomic E-state index is 12.8. The van der Waals surface area contributed by atoms with Crippen molar-refractivity contribution in [2.45, 2.75) is 31.1 Å². The number of nitrogens with zero attached hydrogens (tertiary/aromatic N) is 1. The molecule has 1 aromatic rings. The minimum Gasteiger partial charge on any atom is -0.495 e. The molecule has 1 heterocycles. The molecule has 1 fully saturated rings. The molecule has 0 spiro atoms. The van der Waals surface area contributed by atoms with E-state index < -0.39 is 10.0 Å². The smallest absolute Gasteiger partial charge is 0.243 e. The zero-order valence-corrected chi connectivity index (χ0v) is 16.3. The number of benzene rings is 1. The highest BCUT2D eigenvalue weighted by molar-refractivity contribution is 7.89. The van der Waals surface area contributed by atoms with Gasteiger partial charge in [0.2, 0.25) is 10.0 Å². The first-order valence-electron chi connectivity index (χ1n) is 8.22. The molecular formula is C17H25N3O3S2. The molecule has 0 atom stereocenters. The van der Waals surface area contributed by atoms with Crippen LogP contribution in [-0.4, -0.2) is 44.6 Å². The van der Waals surface area contributed by atoms with Crippen LogP contribution in [0.2, 0.25) is 0 Å². The third-order valence-corrected chi connectivity index (χ3v) is 6.07. The Labute approximate surface area is 155 Å². The molecule has 0 aliphatic carbocycles. The number of anilines is 1. The van der Waals surface area contributed by atoms with E-state index in [9.17, 15) is 8.42 Å². The molecule has 6 nitrogen and oxygen atoms in total. The Kier molecular flexibility index (Phi) is 6.80. The Bertz CT molecular complexity index is 742. The molecule has 0 aromatic heterocycles. The van der Waals surface area contributed by atoms with E-state index in [4.69, 9.17) is 17.0 Å². The molecule has 1 aliphatic heterocycles. The quantitative estimate of drug-likeness (QED) is 0.581. The van der Waals surface area contributed by atoms with Gasteiger partial charge in [-0.25, -0.2) is 8.42 Å². The Balaban J connectivity index is 2.18. The number of ether oxygens (including phenoxy) is 1. The molecule has 0 unspecified atom stereocenters. The van der Waals surface area contributed by atoms with Crippen molar-refractivity contribution in [2.24, 2.45) is 0 Å². The van der Waals surface area contributed by atoms with Crippen LogP contribution in [-0.2, 0) is 10.0 Å². The van der Waals surface area contributed by atoms with Crippen molar-refractivity contribution in [1.29, 1.82) is 0 Å². The number of hydrogen-bond acceptors (Lipinski definition) is 4. The van der Waals surface area contributed by atoms with Gasteiger partial charge in [0.1, 0.15) is 5.75 Å². The molecular weight excluding hydrogens is 358 g/mol. The lowest BCUT2D eigenvalue weighted by molar-refractivity contribution is 0.346. The van der Waals surface area contributed by atoms with Gasteiger partial charge in [-0.2, -0.15) is 4.31 Å². The first-order chi connectivity index (χ1) is 11.8. The van der Waals surface area contributed by atoms with E-state index in [0.29, 0.717) is 36.2 Å². The van der Waals surface area contributed by atoms with Crippen molar-refractivity contribution in [1.82, 2.24) is 9.62 Å². The van der Waals surface area contributed by atoms with E-state index in [1.54, 1.807) is 12.1 Å². The molecule has 0 bridgehead atoms. The van der Waals surface area contributed by atoms with Gasteiger partial charge in [0.05, 0.1) is 17.7 Å². The predicted octanol–water partition coefficient (Wildman–Crippen LogP) is 2.73. The topological polar surface area (TPSA) is 70.7 Å². The van der Waals surface area contributed by atoms with Crippen molar-refractivity contribution in [3.63, 3.8) is 0 Å². The summed E-state index contributed by atoms with van der Waals surface area (Å²) in [6, 6.07) is 4.79. The van der Waals surface area contributed by atoms with Gasteiger partial charge in [-0.15, -0.1) is 0 Å². The van der Waals surface area contributed by atoms with Crippen LogP contribution in [0.4, 0.5) is 5.69 Å². The molecule has 1 aromatic carbocycles. The molecule has 0 amide bonds. The molecule has 1 aliphatic rings. The molecule has 25 heavy (non-hydrogen) atoms. The predicted molar refractivity (Wildman–Crippen MR) is 105 cm³/mol. The highest BCUT2D eigenvalue weighted by atomic mass is 32.2. The van der Waals surface area contributed by atoms with Crippen molar-refractivity contribution >= 4 is 33.0 Å². The summed E-state index contributed by atoms with van der Waals surface area (Å²) in [6.45, 7) is 7.41. The lowest BCUT2D eigenvalue weighted by atomic mass is 10.2. The number of sulfonamides is 1. The number of methoxy groups -OCH3 is 1. The Hall–Kier alpha value is -1.64. The number of piperidine rings is 1. The van der Waals surface area contributed by atoms with Gasteiger partial charge in [0.25, 0.3) is 0 Å². The van der Waals surface area contributed by atoms with Gasteiger partial charge >= 0.3 is 0 Å². The van der Waals surface area contributed by atoms with Crippen molar-refractivity contribution < 1.29 is 13.2 Å². The standard InChI is InChI=1S/C17H25N3O3S2/c1-13(2)12-18-17(24)19-15-8-7-14(11-16(15)23-3)25(21,22)20-9-5-4-6-10-20/h7-8,11H,1,4-6,9-10,12H2,2-3H3,(H2,18,19,24). The van der Waals surface area contributed by atoms with Gasteiger partial charge in [-0.05, 0) is 44.1 Å². The van der Waals surface area contributed by atoms with Crippen LogP contribution < -0.4 is 15.4 Å². The average molecular weight is 384 g/mol. The highest BCUT2D eigenvalue weighted by Gasteiger charge is 2.26. The number of nitrogens with one attached hydrogen (secondary N) is 2. The van der Waals surface area contributed by atoms with Crippen molar-refractivity contribution in [3.8, 4) is 5.75 Å². The second-order valence-electron chi connectivity index (χ2n) is 6.09. The third kappa shape index (κ3) is 5.17. The van der Waals surface area contributed by atoms with E-state index >= 15 is 0 Å². The van der Waals surface area contributed by atoms with E-state index in [-0.39, 0.29) is 4.90 Å². The van der Waals surface area contributed by atoms with Gasteiger partial charge in [0, 0.05) is 25.7 Å². The second kappa shape index (κ2) is 8.64. The second-order valence-corrected chi connectivity index (χ2v) is 8.44. The van der Waals surface area contributed by atoms with Crippen LogP contribution in [0.25, 0.3) is 0 Å². The van der Waals surface area contributed by atoms with Crippen LogP contribution >= 0.6 is 12.2 Å². The zero-order valence-electron chi connectivity index (χ0n) is 14.7. The van der Waals surface area contributed by atoms with Crippen molar-refractivity contribution in [3.05, 3.63) is 30.4 Å². The minimum absolute atomic E-state index is 0.234. The fourth-order valence-electron chi connectivity index (χ4n) is 2.59. The summed E-state index contributed by atoms with van der Waals surface area (Å²) >= 11 is 5.23. The van der Waals surface area contributed by atoms with Crippen LogP contribution in [0.15, 0.2) is 35.2 Å². The lowest BCUT2D eigenvalue weighted by Gasteiger charge is -2.26. The van der Waals surface area contributed by atoms with Crippen molar-refractivity contribution in [2.75, 3.05) is 32.1 Å². The first-order valence-corrected chi connectivity index (χ1v) is 10.1. The summed E-state index contributed by atoms with van der Waals surface area (Å²) in [5, 5.41) is 6.46. The molecule has 138 valence electrons. The summed E-state index contributed by atoms with van der Waals surface area (Å²) in [7, 11) is -1.99. The molecule has 0 radical (unpaired) electrons. The summed E-state index contributed by atoms with van der Waals surface area (Å²) in [5.41, 5.74) is 1.57. The van der Waals surface area contributed by atoms with Gasteiger partial charge in [-0.3, -0.25) is 0 Å². The number of rotatable bonds is 6.